The van der Waals surface area contributed by atoms with Gasteiger partial charge in [-0.2, -0.15) is 12.6 Å². The van der Waals surface area contributed by atoms with Gasteiger partial charge in [0.1, 0.15) is 11.9 Å². The lowest BCUT2D eigenvalue weighted by Crippen LogP contribution is -2.29. The van der Waals surface area contributed by atoms with Crippen molar-refractivity contribution in [2.75, 3.05) is 24.8 Å². The number of hydrogen-bond acceptors (Lipinski definition) is 7. The summed E-state index contributed by atoms with van der Waals surface area (Å²) in [4.78, 5) is 24.3. The van der Waals surface area contributed by atoms with Gasteiger partial charge in [-0.15, -0.1) is 0 Å². The third kappa shape index (κ3) is 6.63. The summed E-state index contributed by atoms with van der Waals surface area (Å²) in [6.07, 6.45) is -1.86. The van der Waals surface area contributed by atoms with Gasteiger partial charge in [-0.25, -0.2) is 4.79 Å². The minimum absolute atomic E-state index is 0.0320. The van der Waals surface area contributed by atoms with Gasteiger partial charge in [0.2, 0.25) is 0 Å². The molecular weight excluding hydrogens is 510 g/mol. The summed E-state index contributed by atoms with van der Waals surface area (Å²) >= 11 is 7.26. The van der Waals surface area contributed by atoms with E-state index in [0.29, 0.717) is 22.0 Å². The van der Waals surface area contributed by atoms with Gasteiger partial charge in [-0.05, 0) is 35.7 Å². The summed E-state index contributed by atoms with van der Waals surface area (Å²) in [5, 5.41) is 14.3. The SMILES string of the molecule is CO[C@@H](CCOC(=O)CS)[C@@H](OC(=O)Nc1ccc(Br)cc1)c1ccc(O)c2ccccc12. The second-order valence-electron chi connectivity index (χ2n) is 7.12. The molecule has 3 aromatic carbocycles. The van der Waals surface area contributed by atoms with Crippen molar-refractivity contribution in [2.45, 2.75) is 18.6 Å². The zero-order valence-electron chi connectivity index (χ0n) is 17.9. The number of rotatable bonds is 9. The smallest absolute Gasteiger partial charge is 0.412 e. The first-order valence-corrected chi connectivity index (χ1v) is 11.6. The fourth-order valence-corrected chi connectivity index (χ4v) is 3.77. The molecule has 33 heavy (non-hydrogen) atoms. The molecule has 0 aromatic heterocycles. The number of fused-ring (bicyclic) bond motifs is 1. The minimum atomic E-state index is -0.842. The Balaban J connectivity index is 1.90. The fraction of sp³-hybridized carbons (Fsp3) is 0.250. The summed E-state index contributed by atoms with van der Waals surface area (Å²) in [5.74, 6) is -0.367. The normalized spacial score (nSPS) is 12.7. The molecule has 0 radical (unpaired) electrons. The summed E-state index contributed by atoms with van der Waals surface area (Å²) < 4.78 is 17.5. The maximum absolute atomic E-state index is 12.8. The van der Waals surface area contributed by atoms with Gasteiger partial charge in [-0.3, -0.25) is 10.1 Å². The number of hydrogen-bond donors (Lipinski definition) is 3. The van der Waals surface area contributed by atoms with Gasteiger partial charge in [0, 0.05) is 34.6 Å². The Hall–Kier alpha value is -2.75. The predicted octanol–water partition coefficient (Wildman–Crippen LogP) is 5.48. The van der Waals surface area contributed by atoms with Gasteiger partial charge < -0.3 is 19.3 Å². The van der Waals surface area contributed by atoms with Crippen molar-refractivity contribution < 1.29 is 28.9 Å². The largest absolute Gasteiger partial charge is 0.507 e. The van der Waals surface area contributed by atoms with Gasteiger partial charge in [-0.1, -0.05) is 46.3 Å². The summed E-state index contributed by atoms with van der Waals surface area (Å²) in [5.41, 5.74) is 1.22. The molecule has 2 atom stereocenters. The van der Waals surface area contributed by atoms with Gasteiger partial charge in [0.25, 0.3) is 0 Å². The van der Waals surface area contributed by atoms with Gasteiger partial charge in [0.05, 0.1) is 12.4 Å². The first kappa shape index (κ1) is 24.9. The number of benzene rings is 3. The molecule has 0 saturated heterocycles. The van der Waals surface area contributed by atoms with Crippen LogP contribution in [0.4, 0.5) is 10.5 Å². The average Bonchev–Trinajstić information content (AvgIpc) is 2.82. The van der Waals surface area contributed by atoms with E-state index >= 15 is 0 Å². The summed E-state index contributed by atoms with van der Waals surface area (Å²) in [6.45, 7) is 0.0715. The average molecular weight is 534 g/mol. The van der Waals surface area contributed by atoms with Crippen LogP contribution in [0.5, 0.6) is 5.75 Å². The molecule has 0 spiro atoms. The van der Waals surface area contributed by atoms with Gasteiger partial charge >= 0.3 is 12.1 Å². The van der Waals surface area contributed by atoms with Crippen LogP contribution in [0, 0.1) is 0 Å². The van der Waals surface area contributed by atoms with E-state index in [0.717, 1.165) is 4.47 Å². The molecule has 0 saturated carbocycles. The van der Waals surface area contributed by atoms with Gasteiger partial charge in [0.15, 0.2) is 6.10 Å². The van der Waals surface area contributed by atoms with Crippen LogP contribution in [0.1, 0.15) is 18.1 Å². The van der Waals surface area contributed by atoms with E-state index in [9.17, 15) is 14.7 Å². The molecule has 3 rings (SSSR count). The number of phenolic OH excluding ortho intramolecular Hbond substituents is 1. The number of halogens is 1. The molecule has 0 aliphatic heterocycles. The van der Waals surface area contributed by atoms with Crippen LogP contribution in [-0.4, -0.2) is 42.7 Å². The number of ether oxygens (including phenoxy) is 3. The van der Waals surface area contributed by atoms with Crippen molar-refractivity contribution in [2.24, 2.45) is 0 Å². The third-order valence-electron chi connectivity index (χ3n) is 5.00. The fourth-order valence-electron chi connectivity index (χ4n) is 3.42. The van der Waals surface area contributed by atoms with E-state index in [4.69, 9.17) is 14.2 Å². The number of methoxy groups -OCH3 is 1. The van der Waals surface area contributed by atoms with Crippen molar-refractivity contribution in [1.82, 2.24) is 0 Å². The number of carbonyl (C=O) groups is 2. The first-order valence-electron chi connectivity index (χ1n) is 10.2. The van der Waals surface area contributed by atoms with Crippen molar-refractivity contribution in [1.29, 1.82) is 0 Å². The molecule has 2 N–H and O–H groups in total. The monoisotopic (exact) mass is 533 g/mol. The molecule has 7 nitrogen and oxygen atoms in total. The van der Waals surface area contributed by atoms with Crippen LogP contribution in [0.2, 0.25) is 0 Å². The number of esters is 1. The molecule has 0 bridgehead atoms. The molecule has 1 amide bonds. The lowest BCUT2D eigenvalue weighted by molar-refractivity contribution is -0.141. The van der Waals surface area contributed by atoms with E-state index in [2.05, 4.69) is 33.9 Å². The lowest BCUT2D eigenvalue weighted by Gasteiger charge is -2.27. The van der Waals surface area contributed by atoms with Crippen LogP contribution in [0.15, 0.2) is 65.1 Å². The molecule has 3 aromatic rings. The lowest BCUT2D eigenvalue weighted by atomic mass is 9.95. The number of nitrogens with one attached hydrogen (secondary N) is 1. The number of aromatic hydroxyl groups is 1. The zero-order valence-corrected chi connectivity index (χ0v) is 20.3. The molecular formula is C24H24BrNO6S. The number of amides is 1. The van der Waals surface area contributed by atoms with Crippen molar-refractivity contribution in [3.8, 4) is 5.75 Å². The Morgan fingerprint density at radius 1 is 1.06 bits per heavy atom. The Morgan fingerprint density at radius 3 is 2.42 bits per heavy atom. The highest BCUT2D eigenvalue weighted by atomic mass is 79.9. The second-order valence-corrected chi connectivity index (χ2v) is 8.35. The third-order valence-corrected chi connectivity index (χ3v) is 5.79. The van der Waals surface area contributed by atoms with Crippen LogP contribution >= 0.6 is 28.6 Å². The Bertz CT molecular complexity index is 1110. The maximum Gasteiger partial charge on any atom is 0.412 e. The topological polar surface area (TPSA) is 94.1 Å². The molecule has 0 aliphatic rings. The van der Waals surface area contributed by atoms with E-state index < -0.39 is 24.3 Å². The minimum Gasteiger partial charge on any atom is -0.507 e. The van der Waals surface area contributed by atoms with Crippen LogP contribution < -0.4 is 5.32 Å². The molecule has 0 unspecified atom stereocenters. The van der Waals surface area contributed by atoms with E-state index in [1.54, 1.807) is 42.5 Å². The van der Waals surface area contributed by atoms with Crippen LogP contribution in [0.3, 0.4) is 0 Å². The Morgan fingerprint density at radius 2 is 1.76 bits per heavy atom. The number of anilines is 1. The van der Waals surface area contributed by atoms with E-state index in [-0.39, 0.29) is 24.5 Å². The quantitative estimate of drug-likeness (QED) is 0.249. The van der Waals surface area contributed by atoms with Crippen molar-refractivity contribution in [3.63, 3.8) is 0 Å². The highest BCUT2D eigenvalue weighted by Crippen LogP contribution is 2.35. The van der Waals surface area contributed by atoms with Crippen LogP contribution in [-0.2, 0) is 19.0 Å². The molecule has 174 valence electrons. The Labute approximate surface area is 205 Å². The Kier molecular flexibility index (Phi) is 8.99. The van der Waals surface area contributed by atoms with E-state index in [1.807, 2.05) is 18.2 Å². The molecule has 0 heterocycles. The van der Waals surface area contributed by atoms with Crippen molar-refractivity contribution in [3.05, 3.63) is 70.7 Å². The highest BCUT2D eigenvalue weighted by molar-refractivity contribution is 9.10. The maximum atomic E-state index is 12.8. The molecule has 0 fully saturated rings. The first-order chi connectivity index (χ1) is 15.9. The standard InChI is InChI=1S/C24H24BrNO6S/c1-30-21(12-13-31-22(28)14-33)23(32-24(29)26-16-8-6-15(25)7-9-16)19-10-11-20(27)18-5-3-2-4-17(18)19/h2-11,21,23,27,33H,12-14H2,1H3,(H,26,29)/t21-,23-/m0/s1. The van der Waals surface area contributed by atoms with Crippen molar-refractivity contribution >= 4 is 57.1 Å². The van der Waals surface area contributed by atoms with E-state index in [1.165, 1.54) is 7.11 Å². The highest BCUT2D eigenvalue weighted by Gasteiger charge is 2.29. The molecule has 9 heteroatoms. The number of carbonyl (C=O) groups excluding carboxylic acids is 2. The zero-order chi connectivity index (χ0) is 23.8. The number of thiol groups is 1. The molecule has 0 aliphatic carbocycles. The second kappa shape index (κ2) is 11.9. The predicted molar refractivity (Wildman–Crippen MR) is 133 cm³/mol. The van der Waals surface area contributed by atoms with Crippen LogP contribution in [0.25, 0.3) is 10.8 Å². The number of phenols is 1. The summed E-state index contributed by atoms with van der Waals surface area (Å²) in [7, 11) is 1.50. The summed E-state index contributed by atoms with van der Waals surface area (Å²) in [6, 6.07) is 17.6.